The Bertz CT molecular complexity index is 638. The van der Waals surface area contributed by atoms with Gasteiger partial charge in [0.1, 0.15) is 0 Å². The third kappa shape index (κ3) is 3.76. The molecule has 2 aromatic carbocycles. The van der Waals surface area contributed by atoms with Crippen LogP contribution in [0.5, 0.6) is 0 Å². The summed E-state index contributed by atoms with van der Waals surface area (Å²) < 4.78 is 0. The van der Waals surface area contributed by atoms with Crippen molar-refractivity contribution in [2.75, 3.05) is 5.73 Å². The molecule has 0 saturated carbocycles. The highest BCUT2D eigenvalue weighted by Gasteiger charge is 2.14. The molecule has 1 amide bonds. The minimum absolute atomic E-state index is 0.0847. The van der Waals surface area contributed by atoms with Crippen LogP contribution in [0.4, 0.5) is 5.69 Å². The highest BCUT2D eigenvalue weighted by atomic mass is 35.5. The molecular formula is C17H19ClN2O. The van der Waals surface area contributed by atoms with E-state index in [-0.39, 0.29) is 11.9 Å². The smallest absolute Gasteiger partial charge is 0.253 e. The van der Waals surface area contributed by atoms with Crippen LogP contribution in [0.15, 0.2) is 42.5 Å². The first-order valence-corrected chi connectivity index (χ1v) is 7.33. The zero-order chi connectivity index (χ0) is 15.4. The molecule has 0 saturated heterocycles. The summed E-state index contributed by atoms with van der Waals surface area (Å²) in [6.07, 6.45) is 1.00. The summed E-state index contributed by atoms with van der Waals surface area (Å²) in [5.41, 5.74) is 8.99. The number of nitrogens with one attached hydrogen (secondary N) is 1. The van der Waals surface area contributed by atoms with Crippen molar-refractivity contribution < 1.29 is 4.79 Å². The predicted molar refractivity (Wildman–Crippen MR) is 87.6 cm³/mol. The van der Waals surface area contributed by atoms with Crippen molar-refractivity contribution >= 4 is 23.2 Å². The summed E-state index contributed by atoms with van der Waals surface area (Å²) in [5.74, 6) is -0.198. The molecule has 110 valence electrons. The molecule has 1 unspecified atom stereocenters. The van der Waals surface area contributed by atoms with Crippen LogP contribution in [-0.2, 0) is 6.42 Å². The molecule has 3 N–H and O–H groups in total. The van der Waals surface area contributed by atoms with Crippen molar-refractivity contribution in [2.45, 2.75) is 26.3 Å². The van der Waals surface area contributed by atoms with Gasteiger partial charge in [-0.25, -0.2) is 0 Å². The van der Waals surface area contributed by atoms with Gasteiger partial charge in [-0.3, -0.25) is 4.79 Å². The normalized spacial score (nSPS) is 12.0. The molecule has 0 heterocycles. The van der Waals surface area contributed by atoms with Gasteiger partial charge in [-0.05, 0) is 42.7 Å². The lowest BCUT2D eigenvalue weighted by Gasteiger charge is -2.15. The highest BCUT2D eigenvalue weighted by molar-refractivity contribution is 6.31. The Morgan fingerprint density at radius 3 is 2.48 bits per heavy atom. The fourth-order valence-corrected chi connectivity index (χ4v) is 2.32. The number of hydrogen-bond acceptors (Lipinski definition) is 2. The Balaban J connectivity index is 2.10. The van der Waals surface area contributed by atoms with E-state index in [1.54, 1.807) is 18.2 Å². The van der Waals surface area contributed by atoms with Crippen molar-refractivity contribution in [1.29, 1.82) is 0 Å². The lowest BCUT2D eigenvalue weighted by molar-refractivity contribution is 0.0941. The Labute approximate surface area is 130 Å². The molecule has 0 bridgehead atoms. The zero-order valence-corrected chi connectivity index (χ0v) is 12.9. The molecule has 3 nitrogen and oxygen atoms in total. The number of carbonyl (C=O) groups excluding carboxylic acids is 1. The fraction of sp³-hybridized carbons (Fsp3) is 0.235. The molecule has 21 heavy (non-hydrogen) atoms. The third-order valence-electron chi connectivity index (χ3n) is 3.49. The second-order valence-corrected chi connectivity index (χ2v) is 5.46. The summed E-state index contributed by atoms with van der Waals surface area (Å²) >= 11 is 5.84. The van der Waals surface area contributed by atoms with Crippen LogP contribution < -0.4 is 11.1 Å². The first-order chi connectivity index (χ1) is 10.0. The molecule has 0 aliphatic heterocycles. The van der Waals surface area contributed by atoms with Crippen LogP contribution in [0.25, 0.3) is 0 Å². The fourth-order valence-electron chi connectivity index (χ4n) is 2.14. The Morgan fingerprint density at radius 2 is 1.90 bits per heavy atom. The zero-order valence-electron chi connectivity index (χ0n) is 12.2. The number of anilines is 1. The van der Waals surface area contributed by atoms with E-state index in [2.05, 4.69) is 24.4 Å². The molecule has 4 heteroatoms. The summed E-state index contributed by atoms with van der Waals surface area (Å²) in [5, 5.41) is 3.47. The van der Waals surface area contributed by atoms with E-state index in [4.69, 9.17) is 17.3 Å². The van der Waals surface area contributed by atoms with Gasteiger partial charge in [-0.2, -0.15) is 0 Å². The van der Waals surface area contributed by atoms with E-state index in [0.717, 1.165) is 12.0 Å². The third-order valence-corrected chi connectivity index (χ3v) is 3.73. The van der Waals surface area contributed by atoms with Crippen LogP contribution in [0, 0.1) is 0 Å². The Hall–Kier alpha value is -2.00. The van der Waals surface area contributed by atoms with Crippen molar-refractivity contribution in [3.8, 4) is 0 Å². The summed E-state index contributed by atoms with van der Waals surface area (Å²) in [6, 6.07) is 13.0. The lowest BCUT2D eigenvalue weighted by Crippen LogP contribution is -2.27. The molecule has 0 spiro atoms. The maximum atomic E-state index is 12.2. The first kappa shape index (κ1) is 15.4. The minimum Gasteiger partial charge on any atom is -0.398 e. The predicted octanol–water partition coefficient (Wildman–Crippen LogP) is 3.98. The molecule has 2 aromatic rings. The summed E-state index contributed by atoms with van der Waals surface area (Å²) in [7, 11) is 0. The number of nitrogen functional groups attached to an aromatic ring is 1. The number of benzene rings is 2. The van der Waals surface area contributed by atoms with Gasteiger partial charge in [-0.1, -0.05) is 42.8 Å². The molecule has 1 atom stereocenters. The maximum absolute atomic E-state index is 12.2. The average Bonchev–Trinajstić information content (AvgIpc) is 2.47. The van der Waals surface area contributed by atoms with E-state index in [1.165, 1.54) is 5.56 Å². The highest BCUT2D eigenvalue weighted by Crippen LogP contribution is 2.20. The van der Waals surface area contributed by atoms with Gasteiger partial charge < -0.3 is 11.1 Å². The average molecular weight is 303 g/mol. The van der Waals surface area contributed by atoms with Gasteiger partial charge in [0, 0.05) is 10.7 Å². The second-order valence-electron chi connectivity index (χ2n) is 5.02. The Kier molecular flexibility index (Phi) is 4.86. The molecule has 0 aromatic heterocycles. The van der Waals surface area contributed by atoms with E-state index in [1.807, 2.05) is 19.1 Å². The number of carbonyl (C=O) groups is 1. The summed E-state index contributed by atoms with van der Waals surface area (Å²) in [6.45, 7) is 4.06. The van der Waals surface area contributed by atoms with Crippen molar-refractivity contribution in [3.05, 3.63) is 64.2 Å². The van der Waals surface area contributed by atoms with Crippen LogP contribution in [-0.4, -0.2) is 5.91 Å². The number of halogens is 1. The number of nitrogens with two attached hydrogens (primary N) is 1. The van der Waals surface area contributed by atoms with Gasteiger partial charge >= 0.3 is 0 Å². The van der Waals surface area contributed by atoms with E-state index >= 15 is 0 Å². The molecule has 0 radical (unpaired) electrons. The largest absolute Gasteiger partial charge is 0.398 e. The topological polar surface area (TPSA) is 55.1 Å². The van der Waals surface area contributed by atoms with Crippen LogP contribution in [0.2, 0.25) is 5.02 Å². The lowest BCUT2D eigenvalue weighted by atomic mass is 10.0. The molecule has 0 aliphatic rings. The maximum Gasteiger partial charge on any atom is 0.253 e. The van der Waals surface area contributed by atoms with E-state index in [0.29, 0.717) is 16.3 Å². The first-order valence-electron chi connectivity index (χ1n) is 6.96. The SMILES string of the molecule is CCc1ccc(C(C)NC(=O)c2ccc(Cl)cc2N)cc1. The standard InChI is InChI=1S/C17H19ClN2O/c1-3-12-4-6-13(7-5-12)11(2)20-17(21)15-9-8-14(18)10-16(15)19/h4-11H,3,19H2,1-2H3,(H,20,21). The van der Waals surface area contributed by atoms with Crippen LogP contribution in [0.1, 0.15) is 41.4 Å². The van der Waals surface area contributed by atoms with Crippen LogP contribution in [0.3, 0.4) is 0 Å². The van der Waals surface area contributed by atoms with E-state index in [9.17, 15) is 4.79 Å². The Morgan fingerprint density at radius 1 is 1.24 bits per heavy atom. The van der Waals surface area contributed by atoms with Crippen molar-refractivity contribution in [2.24, 2.45) is 0 Å². The summed E-state index contributed by atoms with van der Waals surface area (Å²) in [4.78, 5) is 12.2. The van der Waals surface area contributed by atoms with Gasteiger partial charge in [0.15, 0.2) is 0 Å². The van der Waals surface area contributed by atoms with Crippen molar-refractivity contribution in [3.63, 3.8) is 0 Å². The van der Waals surface area contributed by atoms with Gasteiger partial charge in [0.25, 0.3) is 5.91 Å². The quantitative estimate of drug-likeness (QED) is 0.839. The van der Waals surface area contributed by atoms with E-state index < -0.39 is 0 Å². The molecular weight excluding hydrogens is 284 g/mol. The van der Waals surface area contributed by atoms with Crippen molar-refractivity contribution in [1.82, 2.24) is 5.32 Å². The number of rotatable bonds is 4. The number of hydrogen-bond donors (Lipinski definition) is 2. The van der Waals surface area contributed by atoms with Gasteiger partial charge in [-0.15, -0.1) is 0 Å². The molecule has 0 aliphatic carbocycles. The monoisotopic (exact) mass is 302 g/mol. The van der Waals surface area contributed by atoms with Gasteiger partial charge in [0.05, 0.1) is 11.6 Å². The van der Waals surface area contributed by atoms with Crippen LogP contribution >= 0.6 is 11.6 Å². The molecule has 0 fully saturated rings. The molecule has 2 rings (SSSR count). The number of amides is 1. The van der Waals surface area contributed by atoms with Gasteiger partial charge in [0.2, 0.25) is 0 Å². The minimum atomic E-state index is -0.198. The second kappa shape index (κ2) is 6.64. The number of aryl methyl sites for hydroxylation is 1.